The van der Waals surface area contributed by atoms with E-state index in [0.717, 1.165) is 16.8 Å². The van der Waals surface area contributed by atoms with Crippen LogP contribution in [-0.2, 0) is 0 Å². The predicted octanol–water partition coefficient (Wildman–Crippen LogP) is 5.70. The van der Waals surface area contributed by atoms with Crippen molar-refractivity contribution in [3.8, 4) is 12.1 Å². The first-order valence-corrected chi connectivity index (χ1v) is 10.1. The van der Waals surface area contributed by atoms with Gasteiger partial charge in [-0.2, -0.15) is 10.5 Å². The number of benzene rings is 3. The highest BCUT2D eigenvalue weighted by Gasteiger charge is 2.53. The number of nitriles is 2. The van der Waals surface area contributed by atoms with Crippen molar-refractivity contribution in [1.29, 1.82) is 10.5 Å². The number of hydrogen-bond acceptors (Lipinski definition) is 3. The van der Waals surface area contributed by atoms with Gasteiger partial charge >= 0.3 is 6.03 Å². The third kappa shape index (κ3) is 3.41. The van der Waals surface area contributed by atoms with Crippen LogP contribution >= 0.6 is 0 Å². The highest BCUT2D eigenvalue weighted by Crippen LogP contribution is 2.47. The zero-order chi connectivity index (χ0) is 22.2. The van der Waals surface area contributed by atoms with Gasteiger partial charge in [0.25, 0.3) is 0 Å². The number of nitrogens with zero attached hydrogens (tertiary/aromatic N) is 4. The molecule has 5 nitrogen and oxygen atoms in total. The second kappa shape index (κ2) is 7.63. The van der Waals surface area contributed by atoms with E-state index in [1.54, 1.807) is 35.2 Å². The lowest BCUT2D eigenvalue weighted by Gasteiger charge is -2.35. The molecule has 0 aromatic heterocycles. The van der Waals surface area contributed by atoms with Gasteiger partial charge in [0, 0.05) is 11.4 Å². The van der Waals surface area contributed by atoms with Gasteiger partial charge in [0.1, 0.15) is 0 Å². The Morgan fingerprint density at radius 1 is 0.839 bits per heavy atom. The Morgan fingerprint density at radius 3 is 2.06 bits per heavy atom. The van der Waals surface area contributed by atoms with Crippen molar-refractivity contribution in [1.82, 2.24) is 0 Å². The van der Waals surface area contributed by atoms with E-state index in [1.807, 2.05) is 68.1 Å². The van der Waals surface area contributed by atoms with Crippen LogP contribution in [0.25, 0.3) is 0 Å². The van der Waals surface area contributed by atoms with Crippen molar-refractivity contribution in [3.63, 3.8) is 0 Å². The number of amides is 2. The lowest BCUT2D eigenvalue weighted by atomic mass is 9.87. The van der Waals surface area contributed by atoms with E-state index in [4.69, 9.17) is 5.26 Å². The molecule has 1 aliphatic heterocycles. The van der Waals surface area contributed by atoms with E-state index in [0.29, 0.717) is 16.8 Å². The largest absolute Gasteiger partial charge is 0.330 e. The Bertz CT molecular complexity index is 1210. The Hall–Kier alpha value is -4.09. The number of carbonyl (C=O) groups is 1. The van der Waals surface area contributed by atoms with Gasteiger partial charge in [-0.1, -0.05) is 29.8 Å². The first kappa shape index (κ1) is 20.2. The molecule has 1 heterocycles. The van der Waals surface area contributed by atoms with Gasteiger partial charge < -0.3 is 0 Å². The van der Waals surface area contributed by atoms with E-state index in [9.17, 15) is 10.1 Å². The number of hydrogen-bond donors (Lipinski definition) is 0. The summed E-state index contributed by atoms with van der Waals surface area (Å²) in [7, 11) is 0. The molecule has 2 amide bonds. The molecule has 1 fully saturated rings. The molecule has 5 heteroatoms. The average molecular weight is 406 g/mol. The zero-order valence-electron chi connectivity index (χ0n) is 17.7. The minimum Gasteiger partial charge on any atom is -0.286 e. The van der Waals surface area contributed by atoms with Crippen molar-refractivity contribution < 1.29 is 4.79 Å². The summed E-state index contributed by atoms with van der Waals surface area (Å²) in [4.78, 5) is 17.4. The van der Waals surface area contributed by atoms with E-state index in [-0.39, 0.29) is 12.1 Å². The molecule has 152 valence electrons. The fourth-order valence-electron chi connectivity index (χ4n) is 4.33. The number of rotatable bonds is 3. The molecule has 1 saturated heterocycles. The molecule has 0 aliphatic carbocycles. The topological polar surface area (TPSA) is 71.1 Å². The Kier molecular flexibility index (Phi) is 4.97. The number of anilines is 2. The summed E-state index contributed by atoms with van der Waals surface area (Å²) in [5, 5.41) is 18.6. The molecule has 0 bridgehead atoms. The second-order valence-corrected chi connectivity index (χ2v) is 8.28. The van der Waals surface area contributed by atoms with E-state index < -0.39 is 5.54 Å². The minimum absolute atomic E-state index is 0.147. The molecule has 4 rings (SSSR count). The van der Waals surface area contributed by atoms with Gasteiger partial charge in [-0.15, -0.1) is 0 Å². The molecule has 3 aromatic carbocycles. The number of carbonyl (C=O) groups excluding carboxylic acids is 1. The summed E-state index contributed by atoms with van der Waals surface area (Å²) in [5.74, 6) is 0. The van der Waals surface area contributed by atoms with Crippen molar-refractivity contribution >= 4 is 17.4 Å². The maximum atomic E-state index is 13.8. The fraction of sp³-hybridized carbons (Fsp3) is 0.192. The molecule has 1 unspecified atom stereocenters. The highest BCUT2D eigenvalue weighted by atomic mass is 16.2. The van der Waals surface area contributed by atoms with Gasteiger partial charge in [-0.3, -0.25) is 9.80 Å². The van der Waals surface area contributed by atoms with Crippen molar-refractivity contribution in [3.05, 3.63) is 95.1 Å². The molecule has 0 spiro atoms. The molecule has 0 saturated carbocycles. The SMILES string of the molecule is Cc1ccc(N2C(=O)N(c3ccc(C#N)cc3)C(c3cccc(C#N)c3)C2(C)C)cc1. The molecule has 1 atom stereocenters. The Labute approximate surface area is 182 Å². The number of aryl methyl sites for hydroxylation is 1. The van der Waals surface area contributed by atoms with Crippen LogP contribution in [0, 0.1) is 29.6 Å². The summed E-state index contributed by atoms with van der Waals surface area (Å²) in [6.07, 6.45) is 0. The molecule has 3 aromatic rings. The fourth-order valence-corrected chi connectivity index (χ4v) is 4.33. The van der Waals surface area contributed by atoms with Crippen LogP contribution < -0.4 is 9.80 Å². The van der Waals surface area contributed by atoms with Crippen LogP contribution in [0.2, 0.25) is 0 Å². The zero-order valence-corrected chi connectivity index (χ0v) is 17.7. The lowest BCUT2D eigenvalue weighted by molar-refractivity contribution is 0.254. The third-order valence-corrected chi connectivity index (χ3v) is 5.80. The first-order chi connectivity index (χ1) is 14.9. The smallest absolute Gasteiger partial charge is 0.286 e. The maximum absolute atomic E-state index is 13.8. The highest BCUT2D eigenvalue weighted by molar-refractivity contribution is 6.08. The third-order valence-electron chi connectivity index (χ3n) is 5.80. The minimum atomic E-state index is -0.603. The molecular formula is C26H22N4O. The Balaban J connectivity index is 1.90. The summed E-state index contributed by atoms with van der Waals surface area (Å²) >= 11 is 0. The lowest BCUT2D eigenvalue weighted by Crippen LogP contribution is -2.43. The van der Waals surface area contributed by atoms with Crippen molar-refractivity contribution in [2.24, 2.45) is 0 Å². The monoisotopic (exact) mass is 406 g/mol. The molecule has 31 heavy (non-hydrogen) atoms. The van der Waals surface area contributed by atoms with Gasteiger partial charge in [0.2, 0.25) is 0 Å². The summed E-state index contributed by atoms with van der Waals surface area (Å²) in [5.41, 5.74) is 4.01. The van der Waals surface area contributed by atoms with Gasteiger partial charge in [0.05, 0.1) is 34.8 Å². The van der Waals surface area contributed by atoms with Crippen molar-refractivity contribution in [2.75, 3.05) is 9.80 Å². The quantitative estimate of drug-likeness (QED) is 0.560. The second-order valence-electron chi connectivity index (χ2n) is 8.28. The summed E-state index contributed by atoms with van der Waals surface area (Å²) in [6, 6.07) is 26.2. The van der Waals surface area contributed by atoms with E-state index in [2.05, 4.69) is 12.1 Å². The standard InChI is InChI=1S/C26H22N4O/c1-18-7-11-23(12-8-18)30-25(31)29(22-13-9-19(16-27)10-14-22)24(26(30,2)3)21-6-4-5-20(15-21)17-28/h4-15,24H,1-3H3. The van der Waals surface area contributed by atoms with Crippen LogP contribution in [0.5, 0.6) is 0 Å². The van der Waals surface area contributed by atoms with E-state index in [1.165, 1.54) is 0 Å². The molecule has 1 aliphatic rings. The van der Waals surface area contributed by atoms with E-state index >= 15 is 0 Å². The maximum Gasteiger partial charge on any atom is 0.330 e. The van der Waals surface area contributed by atoms with Gasteiger partial charge in [-0.05, 0) is 74.9 Å². The van der Waals surface area contributed by atoms with Crippen LogP contribution in [0.1, 0.15) is 42.1 Å². The average Bonchev–Trinajstić information content (AvgIpc) is 2.99. The van der Waals surface area contributed by atoms with Crippen LogP contribution in [0.15, 0.2) is 72.8 Å². The molecule has 0 N–H and O–H groups in total. The first-order valence-electron chi connectivity index (χ1n) is 10.1. The van der Waals surface area contributed by atoms with Gasteiger partial charge in [-0.25, -0.2) is 4.79 Å². The summed E-state index contributed by atoms with van der Waals surface area (Å²) < 4.78 is 0. The van der Waals surface area contributed by atoms with Gasteiger partial charge in [0.15, 0.2) is 0 Å². The van der Waals surface area contributed by atoms with Crippen LogP contribution in [0.3, 0.4) is 0 Å². The Morgan fingerprint density at radius 2 is 1.45 bits per heavy atom. The molecular weight excluding hydrogens is 384 g/mol. The summed E-state index contributed by atoms with van der Waals surface area (Å²) in [6.45, 7) is 6.09. The van der Waals surface area contributed by atoms with Crippen molar-refractivity contribution in [2.45, 2.75) is 32.4 Å². The predicted molar refractivity (Wildman–Crippen MR) is 121 cm³/mol. The van der Waals surface area contributed by atoms with Crippen LogP contribution in [0.4, 0.5) is 16.2 Å². The number of urea groups is 1. The molecule has 0 radical (unpaired) electrons. The van der Waals surface area contributed by atoms with Crippen LogP contribution in [-0.4, -0.2) is 11.6 Å². The normalized spacial score (nSPS) is 17.3.